The number of nitrogens with one attached hydrogen (secondary N) is 1. The molecule has 0 aromatic carbocycles. The number of esters is 1. The Morgan fingerprint density at radius 2 is 2.14 bits per heavy atom. The van der Waals surface area contributed by atoms with E-state index in [9.17, 15) is 9.59 Å². The van der Waals surface area contributed by atoms with Crippen molar-refractivity contribution in [1.82, 2.24) is 9.88 Å². The van der Waals surface area contributed by atoms with Gasteiger partial charge >= 0.3 is 5.97 Å². The minimum absolute atomic E-state index is 0.0465. The fourth-order valence-electron chi connectivity index (χ4n) is 2.53. The molecule has 1 aliphatic heterocycles. The molecule has 0 spiro atoms. The lowest BCUT2D eigenvalue weighted by molar-refractivity contribution is -0.149. The molecule has 1 aromatic rings. The molecule has 0 saturated carbocycles. The molecule has 0 bridgehead atoms. The van der Waals surface area contributed by atoms with Crippen molar-refractivity contribution in [3.05, 3.63) is 23.9 Å². The maximum atomic E-state index is 12.5. The number of ether oxygens (including phenoxy) is 1. The first-order valence-corrected chi connectivity index (χ1v) is 7.26. The highest BCUT2D eigenvalue weighted by molar-refractivity contribution is 5.98. The van der Waals surface area contributed by atoms with Gasteiger partial charge in [0, 0.05) is 26.3 Å². The molecule has 6 nitrogen and oxygen atoms in total. The van der Waals surface area contributed by atoms with E-state index in [-0.39, 0.29) is 17.8 Å². The van der Waals surface area contributed by atoms with Gasteiger partial charge in [-0.1, -0.05) is 0 Å². The van der Waals surface area contributed by atoms with E-state index in [4.69, 9.17) is 4.74 Å². The van der Waals surface area contributed by atoms with Crippen LogP contribution in [0.1, 0.15) is 30.1 Å². The zero-order valence-corrected chi connectivity index (χ0v) is 12.5. The number of anilines is 1. The molecule has 114 valence electrons. The molecule has 1 aromatic heterocycles. The average molecular weight is 291 g/mol. The topological polar surface area (TPSA) is 71.5 Å². The average Bonchev–Trinajstić information content (AvgIpc) is 2.54. The highest BCUT2D eigenvalue weighted by atomic mass is 16.5. The molecule has 1 saturated heterocycles. The fourth-order valence-corrected chi connectivity index (χ4v) is 2.53. The van der Waals surface area contributed by atoms with Crippen molar-refractivity contribution in [3.8, 4) is 0 Å². The molecule has 21 heavy (non-hydrogen) atoms. The van der Waals surface area contributed by atoms with E-state index in [1.165, 1.54) is 0 Å². The van der Waals surface area contributed by atoms with E-state index >= 15 is 0 Å². The van der Waals surface area contributed by atoms with Crippen LogP contribution in [0.25, 0.3) is 0 Å². The van der Waals surface area contributed by atoms with Crippen LogP contribution in [-0.4, -0.2) is 48.5 Å². The predicted molar refractivity (Wildman–Crippen MR) is 79.0 cm³/mol. The van der Waals surface area contributed by atoms with Crippen molar-refractivity contribution in [2.75, 3.05) is 32.1 Å². The molecule has 2 rings (SSSR count). The molecule has 1 fully saturated rings. The molecule has 0 aliphatic carbocycles. The lowest BCUT2D eigenvalue weighted by atomic mass is 9.96. The van der Waals surface area contributed by atoms with Gasteiger partial charge in [-0.15, -0.1) is 0 Å². The van der Waals surface area contributed by atoms with Gasteiger partial charge in [0.1, 0.15) is 5.82 Å². The number of aromatic nitrogens is 1. The van der Waals surface area contributed by atoms with Gasteiger partial charge in [0.15, 0.2) is 0 Å². The van der Waals surface area contributed by atoms with Gasteiger partial charge in [0.25, 0.3) is 5.91 Å². The summed E-state index contributed by atoms with van der Waals surface area (Å²) in [5.41, 5.74) is 0.564. The molecule has 0 atom stereocenters. The maximum Gasteiger partial charge on any atom is 0.309 e. The zero-order chi connectivity index (χ0) is 15.2. The van der Waals surface area contributed by atoms with Gasteiger partial charge in [-0.05, 0) is 31.9 Å². The third-order valence-corrected chi connectivity index (χ3v) is 3.68. The Kier molecular flexibility index (Phi) is 5.14. The number of hydrogen-bond acceptors (Lipinski definition) is 5. The molecule has 1 amide bonds. The van der Waals surface area contributed by atoms with Crippen LogP contribution in [0.5, 0.6) is 0 Å². The zero-order valence-electron chi connectivity index (χ0n) is 12.5. The summed E-state index contributed by atoms with van der Waals surface area (Å²) in [7, 11) is 1.74. The van der Waals surface area contributed by atoms with Crippen LogP contribution in [0, 0.1) is 5.92 Å². The van der Waals surface area contributed by atoms with E-state index in [0.29, 0.717) is 43.9 Å². The summed E-state index contributed by atoms with van der Waals surface area (Å²) in [5, 5.41) is 2.93. The highest BCUT2D eigenvalue weighted by Gasteiger charge is 2.29. The normalized spacial score (nSPS) is 15.6. The summed E-state index contributed by atoms with van der Waals surface area (Å²) in [6, 6.07) is 3.51. The van der Waals surface area contributed by atoms with Crippen molar-refractivity contribution < 1.29 is 14.3 Å². The minimum Gasteiger partial charge on any atom is -0.466 e. The number of carbonyl (C=O) groups is 2. The Hall–Kier alpha value is -2.11. The highest BCUT2D eigenvalue weighted by Crippen LogP contribution is 2.22. The predicted octanol–water partition coefficient (Wildman–Crippen LogP) is 1.54. The van der Waals surface area contributed by atoms with Crippen LogP contribution < -0.4 is 5.32 Å². The van der Waals surface area contributed by atoms with Crippen LogP contribution in [0.15, 0.2) is 18.3 Å². The molecule has 0 radical (unpaired) electrons. The van der Waals surface area contributed by atoms with Crippen molar-refractivity contribution in [2.24, 2.45) is 5.92 Å². The summed E-state index contributed by atoms with van der Waals surface area (Å²) in [5.74, 6) is 0.290. The standard InChI is InChI=1S/C15H21N3O3/c1-3-21-15(20)11-6-9-18(10-7-11)14(19)12-5-4-8-17-13(12)16-2/h4-5,8,11H,3,6-7,9-10H2,1-2H3,(H,16,17). The number of rotatable bonds is 4. The third kappa shape index (κ3) is 3.51. The van der Waals surface area contributed by atoms with E-state index < -0.39 is 0 Å². The van der Waals surface area contributed by atoms with Gasteiger partial charge in [-0.2, -0.15) is 0 Å². The molecular weight excluding hydrogens is 270 g/mol. The van der Waals surface area contributed by atoms with E-state index in [1.807, 2.05) is 0 Å². The quantitative estimate of drug-likeness (QED) is 0.852. The summed E-state index contributed by atoms with van der Waals surface area (Å²) < 4.78 is 5.04. The van der Waals surface area contributed by atoms with Crippen LogP contribution >= 0.6 is 0 Å². The number of carbonyl (C=O) groups excluding carboxylic acids is 2. The molecule has 6 heteroatoms. The first kappa shape index (κ1) is 15.3. The van der Waals surface area contributed by atoms with Crippen molar-refractivity contribution in [1.29, 1.82) is 0 Å². The first-order chi connectivity index (χ1) is 10.2. The Balaban J connectivity index is 1.99. The Morgan fingerprint density at radius 1 is 1.43 bits per heavy atom. The monoisotopic (exact) mass is 291 g/mol. The van der Waals surface area contributed by atoms with Crippen molar-refractivity contribution in [2.45, 2.75) is 19.8 Å². The van der Waals surface area contributed by atoms with Crippen LogP contribution in [0.2, 0.25) is 0 Å². The second kappa shape index (κ2) is 7.06. The third-order valence-electron chi connectivity index (χ3n) is 3.68. The van der Waals surface area contributed by atoms with Gasteiger partial charge < -0.3 is 15.0 Å². The maximum absolute atomic E-state index is 12.5. The van der Waals surface area contributed by atoms with Gasteiger partial charge in [-0.25, -0.2) is 4.98 Å². The van der Waals surface area contributed by atoms with Crippen LogP contribution in [0.4, 0.5) is 5.82 Å². The molecule has 0 unspecified atom stereocenters. The number of likely N-dealkylation sites (tertiary alicyclic amines) is 1. The lowest BCUT2D eigenvalue weighted by Crippen LogP contribution is -2.40. The second-order valence-electron chi connectivity index (χ2n) is 4.97. The largest absolute Gasteiger partial charge is 0.466 e. The first-order valence-electron chi connectivity index (χ1n) is 7.26. The Labute approximate surface area is 124 Å². The van der Waals surface area contributed by atoms with Gasteiger partial charge in [0.05, 0.1) is 18.1 Å². The van der Waals surface area contributed by atoms with E-state index in [2.05, 4.69) is 10.3 Å². The van der Waals surface area contributed by atoms with Crippen molar-refractivity contribution in [3.63, 3.8) is 0 Å². The summed E-state index contributed by atoms with van der Waals surface area (Å²) in [4.78, 5) is 30.1. The van der Waals surface area contributed by atoms with Gasteiger partial charge in [0.2, 0.25) is 0 Å². The minimum atomic E-state index is -0.151. The Morgan fingerprint density at radius 3 is 2.76 bits per heavy atom. The van der Waals surface area contributed by atoms with Crippen LogP contribution in [0.3, 0.4) is 0 Å². The van der Waals surface area contributed by atoms with E-state index in [1.54, 1.807) is 37.2 Å². The molecular formula is C15H21N3O3. The number of pyridine rings is 1. The summed E-state index contributed by atoms with van der Waals surface area (Å²) in [6.45, 7) is 3.35. The lowest BCUT2D eigenvalue weighted by Gasteiger charge is -2.31. The van der Waals surface area contributed by atoms with E-state index in [0.717, 1.165) is 0 Å². The number of amides is 1. The summed E-state index contributed by atoms with van der Waals surface area (Å²) in [6.07, 6.45) is 2.95. The molecule has 1 N–H and O–H groups in total. The summed E-state index contributed by atoms with van der Waals surface area (Å²) >= 11 is 0. The molecule has 1 aliphatic rings. The van der Waals surface area contributed by atoms with Crippen molar-refractivity contribution >= 4 is 17.7 Å². The number of nitrogens with zero attached hydrogens (tertiary/aromatic N) is 2. The molecule has 2 heterocycles. The SMILES string of the molecule is CCOC(=O)C1CCN(C(=O)c2cccnc2NC)CC1. The number of hydrogen-bond donors (Lipinski definition) is 1. The smallest absolute Gasteiger partial charge is 0.309 e. The fraction of sp³-hybridized carbons (Fsp3) is 0.533. The second-order valence-corrected chi connectivity index (χ2v) is 4.97. The van der Waals surface area contributed by atoms with Gasteiger partial charge in [-0.3, -0.25) is 9.59 Å². The Bertz CT molecular complexity index is 511. The number of piperidine rings is 1. The van der Waals surface area contributed by atoms with Crippen LogP contribution in [-0.2, 0) is 9.53 Å².